The van der Waals surface area contributed by atoms with Gasteiger partial charge in [-0.2, -0.15) is 4.98 Å². The first-order valence-electron chi connectivity index (χ1n) is 8.06. The molecule has 1 amide bonds. The number of amides is 1. The predicted octanol–water partition coefficient (Wildman–Crippen LogP) is 3.62. The number of carbonyl (C=O) groups excluding carboxylic acids is 1. The summed E-state index contributed by atoms with van der Waals surface area (Å²) in [6.07, 6.45) is 0.723. The molecular weight excluding hydrogens is 318 g/mol. The maximum Gasteiger partial charge on any atom is 0.262 e. The van der Waals surface area contributed by atoms with Gasteiger partial charge in [0.1, 0.15) is 5.75 Å². The first-order valence-corrected chi connectivity index (χ1v) is 8.06. The van der Waals surface area contributed by atoms with Crippen LogP contribution in [0.5, 0.6) is 5.75 Å². The molecule has 1 heterocycles. The minimum atomic E-state index is -0.211. The number of carbonyl (C=O) groups is 1. The molecule has 25 heavy (non-hydrogen) atoms. The number of aryl methyl sites for hydroxylation is 2. The van der Waals surface area contributed by atoms with Gasteiger partial charge in [0.15, 0.2) is 12.4 Å². The summed E-state index contributed by atoms with van der Waals surface area (Å²) in [5, 5.41) is 6.66. The zero-order valence-electron chi connectivity index (χ0n) is 14.2. The van der Waals surface area contributed by atoms with Gasteiger partial charge in [0.05, 0.1) is 0 Å². The van der Waals surface area contributed by atoms with E-state index in [0.717, 1.165) is 23.2 Å². The van der Waals surface area contributed by atoms with Crippen molar-refractivity contribution in [3.63, 3.8) is 0 Å². The lowest BCUT2D eigenvalue weighted by atomic mass is 10.2. The molecule has 6 nitrogen and oxygen atoms in total. The average Bonchev–Trinajstić information content (AvgIpc) is 3.12. The van der Waals surface area contributed by atoms with Crippen LogP contribution in [0, 0.1) is 6.92 Å². The summed E-state index contributed by atoms with van der Waals surface area (Å²) in [6.45, 7) is 3.90. The lowest BCUT2D eigenvalue weighted by molar-refractivity contribution is -0.118. The van der Waals surface area contributed by atoms with Gasteiger partial charge in [-0.1, -0.05) is 29.8 Å². The molecule has 3 rings (SSSR count). The van der Waals surface area contributed by atoms with E-state index >= 15 is 0 Å². The van der Waals surface area contributed by atoms with E-state index in [-0.39, 0.29) is 12.5 Å². The number of aromatic nitrogens is 2. The average molecular weight is 337 g/mol. The molecular formula is C19H19N3O3. The zero-order valence-corrected chi connectivity index (χ0v) is 14.2. The Bertz CT molecular complexity index is 839. The third-order valence-corrected chi connectivity index (χ3v) is 3.59. The molecule has 1 aromatic heterocycles. The van der Waals surface area contributed by atoms with Crippen molar-refractivity contribution in [2.75, 3.05) is 11.9 Å². The Hall–Kier alpha value is -3.15. The van der Waals surface area contributed by atoms with Crippen molar-refractivity contribution in [2.45, 2.75) is 20.3 Å². The number of nitrogens with zero attached hydrogens (tertiary/aromatic N) is 2. The number of nitrogens with one attached hydrogen (secondary N) is 1. The van der Waals surface area contributed by atoms with E-state index in [9.17, 15) is 4.79 Å². The van der Waals surface area contributed by atoms with E-state index in [2.05, 4.69) is 15.5 Å². The van der Waals surface area contributed by atoms with Gasteiger partial charge in [-0.3, -0.25) is 4.79 Å². The molecule has 128 valence electrons. The molecule has 0 atom stereocenters. The number of hydrogen-bond acceptors (Lipinski definition) is 5. The van der Waals surface area contributed by atoms with Gasteiger partial charge in [-0.25, -0.2) is 0 Å². The van der Waals surface area contributed by atoms with E-state index in [1.54, 1.807) is 12.1 Å². The fraction of sp³-hybridized carbons (Fsp3) is 0.211. The van der Waals surface area contributed by atoms with Gasteiger partial charge >= 0.3 is 0 Å². The molecule has 0 aliphatic heterocycles. The molecule has 6 heteroatoms. The van der Waals surface area contributed by atoms with Gasteiger partial charge in [0.2, 0.25) is 0 Å². The maximum absolute atomic E-state index is 11.9. The quantitative estimate of drug-likeness (QED) is 0.743. The summed E-state index contributed by atoms with van der Waals surface area (Å²) < 4.78 is 10.7. The predicted molar refractivity (Wildman–Crippen MR) is 94.4 cm³/mol. The van der Waals surface area contributed by atoms with Crippen molar-refractivity contribution in [1.82, 2.24) is 10.1 Å². The lowest BCUT2D eigenvalue weighted by Crippen LogP contribution is -2.20. The summed E-state index contributed by atoms with van der Waals surface area (Å²) in [5.74, 6) is 1.53. The summed E-state index contributed by atoms with van der Waals surface area (Å²) >= 11 is 0. The Kier molecular flexibility index (Phi) is 5.09. The second kappa shape index (κ2) is 7.61. The maximum atomic E-state index is 11.9. The van der Waals surface area contributed by atoms with Crippen LogP contribution in [-0.2, 0) is 11.2 Å². The third-order valence-electron chi connectivity index (χ3n) is 3.59. The van der Waals surface area contributed by atoms with E-state index < -0.39 is 0 Å². The Balaban J connectivity index is 1.54. The van der Waals surface area contributed by atoms with Gasteiger partial charge in [-0.15, -0.1) is 0 Å². The van der Waals surface area contributed by atoms with Crippen molar-refractivity contribution in [3.05, 3.63) is 59.9 Å². The number of benzene rings is 2. The summed E-state index contributed by atoms with van der Waals surface area (Å²) in [4.78, 5) is 16.2. The monoisotopic (exact) mass is 337 g/mol. The molecule has 0 saturated carbocycles. The van der Waals surface area contributed by atoms with Crippen molar-refractivity contribution < 1.29 is 14.1 Å². The molecule has 2 aromatic carbocycles. The van der Waals surface area contributed by atoms with Crippen LogP contribution in [0.15, 0.2) is 53.1 Å². The van der Waals surface area contributed by atoms with Gasteiger partial charge in [0.25, 0.3) is 11.8 Å². The molecule has 0 radical (unpaired) electrons. The number of rotatable bonds is 6. The molecule has 0 aliphatic carbocycles. The fourth-order valence-corrected chi connectivity index (χ4v) is 2.19. The second-order valence-corrected chi connectivity index (χ2v) is 5.60. The van der Waals surface area contributed by atoms with E-state index in [1.165, 1.54) is 0 Å². The summed E-state index contributed by atoms with van der Waals surface area (Å²) in [7, 11) is 0. The SMILES string of the molecule is CCc1noc(-c2ccc(OCC(=O)Nc3ccc(C)cc3)cc2)n1. The highest BCUT2D eigenvalue weighted by molar-refractivity contribution is 5.91. The highest BCUT2D eigenvalue weighted by atomic mass is 16.5. The molecule has 0 aliphatic rings. The fourth-order valence-electron chi connectivity index (χ4n) is 2.19. The Labute approximate surface area is 145 Å². The van der Waals surface area contributed by atoms with Crippen LogP contribution >= 0.6 is 0 Å². The van der Waals surface area contributed by atoms with Crippen LogP contribution in [0.2, 0.25) is 0 Å². The number of hydrogen-bond donors (Lipinski definition) is 1. The Morgan fingerprint density at radius 1 is 1.12 bits per heavy atom. The summed E-state index contributed by atoms with van der Waals surface area (Å²) in [5.41, 5.74) is 2.70. The second-order valence-electron chi connectivity index (χ2n) is 5.60. The van der Waals surface area contributed by atoms with Crippen LogP contribution in [0.1, 0.15) is 18.3 Å². The molecule has 0 spiro atoms. The van der Waals surface area contributed by atoms with Crippen molar-refractivity contribution >= 4 is 11.6 Å². The van der Waals surface area contributed by atoms with Crippen LogP contribution in [0.25, 0.3) is 11.5 Å². The standard InChI is InChI=1S/C19H19N3O3/c1-3-17-21-19(25-22-17)14-6-10-16(11-7-14)24-12-18(23)20-15-8-4-13(2)5-9-15/h4-11H,3,12H2,1-2H3,(H,20,23). The van der Waals surface area contributed by atoms with Gasteiger partial charge < -0.3 is 14.6 Å². The molecule has 0 saturated heterocycles. The van der Waals surface area contributed by atoms with Crippen LogP contribution in [0.4, 0.5) is 5.69 Å². The molecule has 0 bridgehead atoms. The Morgan fingerprint density at radius 2 is 1.84 bits per heavy atom. The topological polar surface area (TPSA) is 77.2 Å². The highest BCUT2D eigenvalue weighted by Gasteiger charge is 2.08. The van der Waals surface area contributed by atoms with E-state index in [0.29, 0.717) is 17.5 Å². The first kappa shape index (κ1) is 16.7. The number of anilines is 1. The highest BCUT2D eigenvalue weighted by Crippen LogP contribution is 2.21. The summed E-state index contributed by atoms with van der Waals surface area (Å²) in [6, 6.07) is 14.8. The van der Waals surface area contributed by atoms with Crippen molar-refractivity contribution in [3.8, 4) is 17.2 Å². The largest absolute Gasteiger partial charge is 0.484 e. The van der Waals surface area contributed by atoms with Gasteiger partial charge in [0, 0.05) is 17.7 Å². The minimum Gasteiger partial charge on any atom is -0.484 e. The zero-order chi connectivity index (χ0) is 17.6. The first-order chi connectivity index (χ1) is 12.1. The molecule has 0 unspecified atom stereocenters. The molecule has 3 aromatic rings. The smallest absolute Gasteiger partial charge is 0.262 e. The van der Waals surface area contributed by atoms with Crippen molar-refractivity contribution in [2.24, 2.45) is 0 Å². The van der Waals surface area contributed by atoms with Crippen LogP contribution in [-0.4, -0.2) is 22.7 Å². The van der Waals surface area contributed by atoms with E-state index in [1.807, 2.05) is 50.2 Å². The van der Waals surface area contributed by atoms with E-state index in [4.69, 9.17) is 9.26 Å². The van der Waals surface area contributed by atoms with Gasteiger partial charge in [-0.05, 0) is 43.3 Å². The molecule has 0 fully saturated rings. The third kappa shape index (κ3) is 4.44. The van der Waals surface area contributed by atoms with Crippen LogP contribution < -0.4 is 10.1 Å². The molecule has 1 N–H and O–H groups in total. The van der Waals surface area contributed by atoms with Crippen molar-refractivity contribution in [1.29, 1.82) is 0 Å². The van der Waals surface area contributed by atoms with Crippen LogP contribution in [0.3, 0.4) is 0 Å². The Morgan fingerprint density at radius 3 is 2.48 bits per heavy atom. The normalized spacial score (nSPS) is 10.5. The minimum absolute atomic E-state index is 0.0617. The number of ether oxygens (including phenoxy) is 1. The lowest BCUT2D eigenvalue weighted by Gasteiger charge is -2.08.